The SMILES string of the molecule is N#Cc1ccc(N(CCCc2ccc(OS(N)(=O)=O)c(Br)c2)n2cnnc2)cc1. The number of nitrogens with two attached hydrogens (primary N) is 1. The van der Waals surface area contributed by atoms with Gasteiger partial charge in [0.15, 0.2) is 5.75 Å². The molecule has 0 atom stereocenters. The van der Waals surface area contributed by atoms with Gasteiger partial charge in [0.1, 0.15) is 12.7 Å². The maximum absolute atomic E-state index is 11.1. The van der Waals surface area contributed by atoms with Crippen LogP contribution < -0.4 is 14.3 Å². The molecule has 3 rings (SSSR count). The van der Waals surface area contributed by atoms with Crippen LogP contribution in [-0.4, -0.2) is 29.8 Å². The molecular formula is C18H17BrN6O3S. The van der Waals surface area contributed by atoms with Crippen molar-refractivity contribution < 1.29 is 12.6 Å². The van der Waals surface area contributed by atoms with Gasteiger partial charge >= 0.3 is 10.3 Å². The summed E-state index contributed by atoms with van der Waals surface area (Å²) < 4.78 is 29.1. The van der Waals surface area contributed by atoms with Gasteiger partial charge in [0.05, 0.1) is 21.8 Å². The minimum absolute atomic E-state index is 0.139. The van der Waals surface area contributed by atoms with Crippen LogP contribution in [0, 0.1) is 11.3 Å². The summed E-state index contributed by atoms with van der Waals surface area (Å²) in [4.78, 5) is 0. The molecule has 150 valence electrons. The van der Waals surface area contributed by atoms with Gasteiger partial charge in [-0.2, -0.15) is 18.8 Å². The van der Waals surface area contributed by atoms with Gasteiger partial charge in [-0.25, -0.2) is 4.68 Å². The van der Waals surface area contributed by atoms with E-state index in [9.17, 15) is 8.42 Å². The number of hydrogen-bond acceptors (Lipinski definition) is 7. The lowest BCUT2D eigenvalue weighted by Crippen LogP contribution is -2.29. The summed E-state index contributed by atoms with van der Waals surface area (Å²) in [6.07, 6.45) is 4.74. The third-order valence-corrected chi connectivity index (χ3v) is 5.05. The maximum Gasteiger partial charge on any atom is 0.380 e. The summed E-state index contributed by atoms with van der Waals surface area (Å²) in [5.74, 6) is 0.139. The average Bonchev–Trinajstić information content (AvgIpc) is 3.21. The predicted molar refractivity (Wildman–Crippen MR) is 110 cm³/mol. The van der Waals surface area contributed by atoms with Crippen molar-refractivity contribution in [1.29, 1.82) is 5.26 Å². The quantitative estimate of drug-likeness (QED) is 0.528. The van der Waals surface area contributed by atoms with Crippen LogP contribution in [0.25, 0.3) is 0 Å². The largest absolute Gasteiger partial charge is 0.380 e. The third kappa shape index (κ3) is 5.77. The highest BCUT2D eigenvalue weighted by molar-refractivity contribution is 9.10. The summed E-state index contributed by atoms with van der Waals surface area (Å²) in [5, 5.41) is 23.6. The van der Waals surface area contributed by atoms with E-state index in [0.29, 0.717) is 16.6 Å². The first-order valence-electron chi connectivity index (χ1n) is 8.49. The van der Waals surface area contributed by atoms with Crippen LogP contribution in [0.3, 0.4) is 0 Å². The molecule has 1 heterocycles. The van der Waals surface area contributed by atoms with Crippen molar-refractivity contribution in [2.75, 3.05) is 11.6 Å². The monoisotopic (exact) mass is 476 g/mol. The molecule has 2 aromatic carbocycles. The van der Waals surface area contributed by atoms with Crippen molar-refractivity contribution in [3.63, 3.8) is 0 Å². The first-order valence-corrected chi connectivity index (χ1v) is 10.8. The van der Waals surface area contributed by atoms with Crippen LogP contribution in [0.4, 0.5) is 5.69 Å². The van der Waals surface area contributed by atoms with Crippen LogP contribution in [-0.2, 0) is 16.7 Å². The summed E-state index contributed by atoms with van der Waals surface area (Å²) in [7, 11) is -4.07. The minimum Gasteiger partial charge on any atom is -0.370 e. The Labute approximate surface area is 176 Å². The summed E-state index contributed by atoms with van der Waals surface area (Å²) in [6.45, 7) is 0.664. The van der Waals surface area contributed by atoms with Crippen LogP contribution >= 0.6 is 15.9 Å². The molecule has 0 spiro atoms. The van der Waals surface area contributed by atoms with Gasteiger partial charge in [-0.3, -0.25) is 5.01 Å². The maximum atomic E-state index is 11.1. The Kier molecular flexibility index (Phi) is 6.48. The normalized spacial score (nSPS) is 11.1. The minimum atomic E-state index is -4.07. The lowest BCUT2D eigenvalue weighted by molar-refractivity contribution is 0.486. The van der Waals surface area contributed by atoms with Gasteiger partial charge in [0.2, 0.25) is 0 Å². The molecule has 1 aromatic heterocycles. The fourth-order valence-electron chi connectivity index (χ4n) is 2.73. The highest BCUT2D eigenvalue weighted by atomic mass is 79.9. The fourth-order valence-corrected chi connectivity index (χ4v) is 3.74. The van der Waals surface area contributed by atoms with E-state index in [2.05, 4.69) is 32.2 Å². The Morgan fingerprint density at radius 2 is 1.86 bits per heavy atom. The summed E-state index contributed by atoms with van der Waals surface area (Å²) in [6, 6.07) is 14.5. The second-order valence-electron chi connectivity index (χ2n) is 6.07. The number of anilines is 1. The van der Waals surface area contributed by atoms with Crippen molar-refractivity contribution in [3.05, 3.63) is 70.7 Å². The zero-order chi connectivity index (χ0) is 20.9. The molecule has 0 unspecified atom stereocenters. The molecule has 0 fully saturated rings. The number of aromatic nitrogens is 3. The second-order valence-corrected chi connectivity index (χ2v) is 8.07. The van der Waals surface area contributed by atoms with Crippen LogP contribution in [0.15, 0.2) is 59.6 Å². The molecule has 2 N–H and O–H groups in total. The second kappa shape index (κ2) is 9.04. The highest BCUT2D eigenvalue weighted by Gasteiger charge is 2.12. The zero-order valence-corrected chi connectivity index (χ0v) is 17.5. The fraction of sp³-hybridized carbons (Fsp3) is 0.167. The van der Waals surface area contributed by atoms with E-state index in [1.54, 1.807) is 47.7 Å². The topological polar surface area (TPSA) is 127 Å². The molecule has 9 nitrogen and oxygen atoms in total. The predicted octanol–water partition coefficient (Wildman–Crippen LogP) is 2.40. The van der Waals surface area contributed by atoms with Crippen LogP contribution in [0.5, 0.6) is 5.75 Å². The molecule has 0 aliphatic carbocycles. The van der Waals surface area contributed by atoms with Crippen molar-refractivity contribution in [1.82, 2.24) is 14.9 Å². The molecule has 11 heteroatoms. The third-order valence-electron chi connectivity index (χ3n) is 4.02. The molecular weight excluding hydrogens is 460 g/mol. The van der Waals surface area contributed by atoms with Crippen molar-refractivity contribution in [3.8, 4) is 11.8 Å². The lowest BCUT2D eigenvalue weighted by Gasteiger charge is -2.25. The van der Waals surface area contributed by atoms with Crippen molar-refractivity contribution in [2.45, 2.75) is 12.8 Å². The Morgan fingerprint density at radius 3 is 2.45 bits per heavy atom. The molecule has 29 heavy (non-hydrogen) atoms. The van der Waals surface area contributed by atoms with Crippen LogP contribution in [0.2, 0.25) is 0 Å². The number of benzene rings is 2. The summed E-state index contributed by atoms with van der Waals surface area (Å²) >= 11 is 3.30. The number of hydrogen-bond donors (Lipinski definition) is 1. The van der Waals surface area contributed by atoms with Gasteiger partial charge in [-0.05, 0) is 70.7 Å². The standard InChI is InChI=1S/C18H17BrN6O3S/c19-17-10-14(5-8-18(17)28-29(21,26)27)2-1-9-25(24-12-22-23-13-24)16-6-3-15(11-20)4-7-16/h3-8,10,12-13H,1-2,9H2,(H2,21,26,27). The van der Waals surface area contributed by atoms with Gasteiger partial charge in [0.25, 0.3) is 0 Å². The van der Waals surface area contributed by atoms with Crippen molar-refractivity contribution in [2.24, 2.45) is 5.14 Å². The highest BCUT2D eigenvalue weighted by Crippen LogP contribution is 2.27. The Hall–Kier alpha value is -2.94. The Balaban J connectivity index is 1.69. The summed E-state index contributed by atoms with van der Waals surface area (Å²) in [5.41, 5.74) is 2.49. The molecule has 0 saturated heterocycles. The smallest absolute Gasteiger partial charge is 0.370 e. The number of nitrogens with zero attached hydrogens (tertiary/aromatic N) is 5. The molecule has 0 aliphatic heterocycles. The molecule has 0 saturated carbocycles. The molecule has 0 bridgehead atoms. The van der Waals surface area contributed by atoms with Gasteiger partial charge in [-0.1, -0.05) is 6.07 Å². The van der Waals surface area contributed by atoms with E-state index in [1.807, 2.05) is 17.1 Å². The lowest BCUT2D eigenvalue weighted by atomic mass is 10.1. The van der Waals surface area contributed by atoms with Crippen LogP contribution in [0.1, 0.15) is 17.5 Å². The van der Waals surface area contributed by atoms with Gasteiger partial charge < -0.3 is 4.18 Å². The Bertz CT molecular complexity index is 1110. The number of halogens is 1. The molecule has 3 aromatic rings. The van der Waals surface area contributed by atoms with Crippen molar-refractivity contribution >= 4 is 31.9 Å². The number of aryl methyl sites for hydroxylation is 1. The molecule has 0 amide bonds. The zero-order valence-electron chi connectivity index (χ0n) is 15.1. The first-order chi connectivity index (χ1) is 13.9. The molecule has 0 aliphatic rings. The number of rotatable bonds is 8. The Morgan fingerprint density at radius 1 is 1.17 bits per heavy atom. The van der Waals surface area contributed by atoms with E-state index in [1.165, 1.54) is 0 Å². The van der Waals surface area contributed by atoms with Gasteiger partial charge in [0, 0.05) is 6.54 Å². The van der Waals surface area contributed by atoms with E-state index in [4.69, 9.17) is 14.6 Å². The van der Waals surface area contributed by atoms with E-state index < -0.39 is 10.3 Å². The number of nitriles is 1. The molecule has 0 radical (unpaired) electrons. The first kappa shape index (κ1) is 20.8. The van der Waals surface area contributed by atoms with E-state index in [-0.39, 0.29) is 5.75 Å². The van der Waals surface area contributed by atoms with E-state index in [0.717, 1.165) is 24.1 Å². The van der Waals surface area contributed by atoms with Gasteiger partial charge in [-0.15, -0.1) is 10.2 Å². The average molecular weight is 477 g/mol. The van der Waals surface area contributed by atoms with E-state index >= 15 is 0 Å².